The molecule has 0 aliphatic carbocycles. The maximum atomic E-state index is 14.0. The zero-order valence-corrected chi connectivity index (χ0v) is 30.8. The van der Waals surface area contributed by atoms with Crippen LogP contribution in [-0.2, 0) is 46.4 Å². The third kappa shape index (κ3) is 14.8. The highest BCUT2D eigenvalue weighted by molar-refractivity contribution is 5.96. The number of nitrogens with zero attached hydrogens (tertiary/aromatic N) is 2. The number of nitrogens with two attached hydrogens (primary N) is 2. The Morgan fingerprint density at radius 2 is 1.44 bits per heavy atom. The minimum atomic E-state index is -1.31. The number of unbranched alkanes of at least 4 members (excludes halogenated alkanes) is 1. The minimum absolute atomic E-state index is 0.0210. The fourth-order valence-electron chi connectivity index (χ4n) is 5.62. The van der Waals surface area contributed by atoms with Gasteiger partial charge in [-0.2, -0.15) is 0 Å². The molecule has 0 aliphatic heterocycles. The van der Waals surface area contributed by atoms with Crippen molar-refractivity contribution in [1.82, 2.24) is 46.9 Å². The number of para-hydroxylation sites is 1. The molecule has 0 bridgehead atoms. The van der Waals surface area contributed by atoms with Crippen LogP contribution in [0.25, 0.3) is 10.9 Å². The number of imidazole rings is 1. The second-order valence-electron chi connectivity index (χ2n) is 12.8. The van der Waals surface area contributed by atoms with Gasteiger partial charge in [0.15, 0.2) is 5.96 Å². The molecule has 1 aromatic carbocycles. The summed E-state index contributed by atoms with van der Waals surface area (Å²) in [6.07, 6.45) is 6.47. The van der Waals surface area contributed by atoms with Gasteiger partial charge in [-0.25, -0.2) is 4.98 Å². The first-order valence-corrected chi connectivity index (χ1v) is 17.8. The molecule has 2 heterocycles. The number of carbonyl (C=O) groups is 7. The molecule has 298 valence electrons. The monoisotopic (exact) mass is 766 g/mol. The zero-order chi connectivity index (χ0) is 40.3. The van der Waals surface area contributed by atoms with Crippen LogP contribution in [0.3, 0.4) is 0 Å². The summed E-state index contributed by atoms with van der Waals surface area (Å²) in [7, 11) is 0. The van der Waals surface area contributed by atoms with Gasteiger partial charge in [0.25, 0.3) is 0 Å². The highest BCUT2D eigenvalue weighted by Gasteiger charge is 2.31. The number of guanidine groups is 1. The van der Waals surface area contributed by atoms with Crippen molar-refractivity contribution >= 4 is 58.3 Å². The number of aliphatic imine (C=N–C) groups is 1. The Labute approximate surface area is 316 Å². The Hall–Kier alpha value is -6.47. The number of carboxylic acids is 1. The van der Waals surface area contributed by atoms with Gasteiger partial charge in [-0.1, -0.05) is 38.0 Å². The molecule has 13 N–H and O–H groups in total. The predicted octanol–water partition coefficient (Wildman–Crippen LogP) is -1.80. The van der Waals surface area contributed by atoms with Crippen molar-refractivity contribution < 1.29 is 38.7 Å². The molecule has 3 aromatic rings. The first-order chi connectivity index (χ1) is 26.3. The van der Waals surface area contributed by atoms with E-state index in [2.05, 4.69) is 51.8 Å². The number of benzene rings is 1. The number of amides is 6. The molecule has 2 aromatic heterocycles. The highest BCUT2D eigenvalue weighted by Crippen LogP contribution is 2.19. The summed E-state index contributed by atoms with van der Waals surface area (Å²) in [6.45, 7) is 2.13. The van der Waals surface area contributed by atoms with Gasteiger partial charge >= 0.3 is 5.97 Å². The molecule has 20 heteroatoms. The lowest BCUT2D eigenvalue weighted by Gasteiger charge is -2.25. The summed E-state index contributed by atoms with van der Waals surface area (Å²) < 4.78 is 0. The Balaban J connectivity index is 1.85. The van der Waals surface area contributed by atoms with Crippen LogP contribution < -0.4 is 43.4 Å². The number of rotatable bonds is 23. The molecule has 0 fully saturated rings. The molecule has 0 saturated carbocycles. The Morgan fingerprint density at radius 3 is 2.07 bits per heavy atom. The molecule has 0 aliphatic rings. The molecule has 0 radical (unpaired) electrons. The topological polar surface area (TPSA) is 321 Å². The summed E-state index contributed by atoms with van der Waals surface area (Å²) >= 11 is 0. The first-order valence-electron chi connectivity index (χ1n) is 17.8. The van der Waals surface area contributed by atoms with Gasteiger partial charge in [0.2, 0.25) is 35.4 Å². The Bertz CT molecular complexity index is 1800. The third-order valence-corrected chi connectivity index (χ3v) is 8.32. The van der Waals surface area contributed by atoms with E-state index < -0.39 is 78.7 Å². The normalized spacial score (nSPS) is 13.0. The Kier molecular flexibility index (Phi) is 17.1. The second kappa shape index (κ2) is 21.9. The van der Waals surface area contributed by atoms with Gasteiger partial charge in [-0.3, -0.25) is 38.6 Å². The van der Waals surface area contributed by atoms with Crippen LogP contribution in [0.5, 0.6) is 0 Å². The lowest BCUT2D eigenvalue weighted by Crippen LogP contribution is -2.58. The third-order valence-electron chi connectivity index (χ3n) is 8.32. The molecule has 20 nitrogen and oxygen atoms in total. The van der Waals surface area contributed by atoms with E-state index >= 15 is 0 Å². The summed E-state index contributed by atoms with van der Waals surface area (Å²) in [4.78, 5) is 104. The van der Waals surface area contributed by atoms with Gasteiger partial charge in [-0.15, -0.1) is 0 Å². The minimum Gasteiger partial charge on any atom is -0.480 e. The maximum Gasteiger partial charge on any atom is 0.322 e. The fourth-order valence-corrected chi connectivity index (χ4v) is 5.62. The predicted molar refractivity (Wildman–Crippen MR) is 201 cm³/mol. The maximum absolute atomic E-state index is 14.0. The number of aromatic nitrogens is 3. The lowest BCUT2D eigenvalue weighted by atomic mass is 10.0. The molecule has 4 atom stereocenters. The smallest absolute Gasteiger partial charge is 0.322 e. The second-order valence-corrected chi connectivity index (χ2v) is 12.8. The average molecular weight is 767 g/mol. The van der Waals surface area contributed by atoms with Crippen LogP contribution in [0.1, 0.15) is 57.2 Å². The molecular formula is C35H50N12O8. The molecule has 0 saturated heterocycles. The SMILES string of the molecule is CCCCC(NC(C)=O)C(=O)NCC(=O)NC(Cc1cnc[nH]1)C(=O)N[C@@H](Cc1c[nH]c2ccccc12)C(=O)NC(CCCN=C(N)N)C(=O)NCC(=O)O. The summed E-state index contributed by atoms with van der Waals surface area (Å²) in [6, 6.07) is 2.64. The van der Waals surface area contributed by atoms with Gasteiger partial charge in [0, 0.05) is 55.3 Å². The van der Waals surface area contributed by atoms with E-state index in [-0.39, 0.29) is 38.2 Å². The van der Waals surface area contributed by atoms with Gasteiger partial charge < -0.3 is 58.4 Å². The van der Waals surface area contributed by atoms with Crippen molar-refractivity contribution in [3.8, 4) is 0 Å². The summed E-state index contributed by atoms with van der Waals surface area (Å²) in [5.74, 6) is -5.47. The van der Waals surface area contributed by atoms with Crippen molar-refractivity contribution in [2.24, 2.45) is 16.5 Å². The van der Waals surface area contributed by atoms with E-state index in [0.717, 1.165) is 17.3 Å². The molecule has 3 unspecified atom stereocenters. The standard InChI is InChI=1S/C35H50N12O8/c1-3-4-9-25(44-20(2)48)31(52)41-17-29(49)45-28(14-22-16-38-19-43-22)34(55)47-27(13-21-15-40-24-10-6-5-8-23(21)24)33(54)46-26(11-7-12-39-35(36)37)32(53)42-18-30(50)51/h5-6,8,10,15-16,19,25-28,40H,3-4,7,9,11-14,17-18H2,1-2H3,(H,38,43)(H,41,52)(H,42,53)(H,44,48)(H,45,49)(H,46,54)(H,47,55)(H,50,51)(H4,36,37,39)/t25?,26?,27-,28?/m0/s1. The number of carboxylic acid groups (broad SMARTS) is 1. The summed E-state index contributed by atoms with van der Waals surface area (Å²) in [5, 5.41) is 25.2. The van der Waals surface area contributed by atoms with Crippen molar-refractivity contribution in [2.75, 3.05) is 19.6 Å². The van der Waals surface area contributed by atoms with E-state index in [4.69, 9.17) is 16.6 Å². The number of hydrogen-bond acceptors (Lipinski definition) is 9. The zero-order valence-electron chi connectivity index (χ0n) is 30.8. The molecule has 3 rings (SSSR count). The van der Waals surface area contributed by atoms with E-state index in [9.17, 15) is 33.6 Å². The molecule has 0 spiro atoms. The van der Waals surface area contributed by atoms with Crippen LogP contribution in [0.4, 0.5) is 0 Å². The quantitative estimate of drug-likeness (QED) is 0.0290. The fraction of sp³-hybridized carbons (Fsp3) is 0.457. The number of aliphatic carboxylic acids is 1. The van der Waals surface area contributed by atoms with E-state index in [1.54, 1.807) is 6.20 Å². The van der Waals surface area contributed by atoms with Crippen molar-refractivity contribution in [3.63, 3.8) is 0 Å². The molecule has 55 heavy (non-hydrogen) atoms. The Morgan fingerprint density at radius 1 is 0.800 bits per heavy atom. The summed E-state index contributed by atoms with van der Waals surface area (Å²) in [5.41, 5.74) is 12.7. The van der Waals surface area contributed by atoms with Gasteiger partial charge in [0.1, 0.15) is 30.7 Å². The van der Waals surface area contributed by atoms with Gasteiger partial charge in [-0.05, 0) is 30.9 Å². The number of H-pyrrole nitrogens is 2. The van der Waals surface area contributed by atoms with Crippen molar-refractivity contribution in [3.05, 3.63) is 54.2 Å². The number of hydrogen-bond donors (Lipinski definition) is 11. The first kappa shape index (κ1) is 42.9. The average Bonchev–Trinajstić information content (AvgIpc) is 3.81. The van der Waals surface area contributed by atoms with Crippen LogP contribution in [0.15, 0.2) is 48.0 Å². The van der Waals surface area contributed by atoms with E-state index in [0.29, 0.717) is 24.1 Å². The number of carbonyl (C=O) groups excluding carboxylic acids is 6. The van der Waals surface area contributed by atoms with Crippen LogP contribution in [0, 0.1) is 0 Å². The number of aromatic amines is 2. The van der Waals surface area contributed by atoms with Crippen LogP contribution in [-0.4, -0.2) is 111 Å². The highest BCUT2D eigenvalue weighted by atomic mass is 16.4. The van der Waals surface area contributed by atoms with E-state index in [1.165, 1.54) is 19.4 Å². The van der Waals surface area contributed by atoms with Gasteiger partial charge in [0.05, 0.1) is 12.9 Å². The lowest BCUT2D eigenvalue weighted by molar-refractivity contribution is -0.138. The van der Waals surface area contributed by atoms with Crippen LogP contribution in [0.2, 0.25) is 0 Å². The van der Waals surface area contributed by atoms with E-state index in [1.807, 2.05) is 31.2 Å². The molecule has 6 amide bonds. The number of fused-ring (bicyclic) bond motifs is 1. The largest absolute Gasteiger partial charge is 0.480 e. The molecular weight excluding hydrogens is 716 g/mol. The number of nitrogens with one attached hydrogen (secondary N) is 8. The van der Waals surface area contributed by atoms with Crippen LogP contribution >= 0.6 is 0 Å². The van der Waals surface area contributed by atoms with Crippen molar-refractivity contribution in [2.45, 2.75) is 83.0 Å². The van der Waals surface area contributed by atoms with Crippen molar-refractivity contribution in [1.29, 1.82) is 0 Å².